The first-order valence-corrected chi connectivity index (χ1v) is 11.8. The Kier molecular flexibility index (Phi) is 5.42. The molecule has 1 aliphatic heterocycles. The predicted molar refractivity (Wildman–Crippen MR) is 117 cm³/mol. The topological polar surface area (TPSA) is 60.1 Å². The zero-order valence-corrected chi connectivity index (χ0v) is 18.2. The van der Waals surface area contributed by atoms with E-state index in [-0.39, 0.29) is 17.5 Å². The van der Waals surface area contributed by atoms with Crippen molar-refractivity contribution in [3.8, 4) is 17.1 Å². The van der Waals surface area contributed by atoms with E-state index in [1.807, 2.05) is 72.0 Å². The molecule has 1 saturated heterocycles. The summed E-state index contributed by atoms with van der Waals surface area (Å²) in [5, 5.41) is 4.82. The third kappa shape index (κ3) is 4.19. The molecule has 0 aliphatic carbocycles. The number of sulfone groups is 1. The molecule has 1 fully saturated rings. The maximum atomic E-state index is 11.9. The maximum absolute atomic E-state index is 11.9. The van der Waals surface area contributed by atoms with Gasteiger partial charge in [0, 0.05) is 11.6 Å². The van der Waals surface area contributed by atoms with Crippen LogP contribution in [0.15, 0.2) is 54.6 Å². The van der Waals surface area contributed by atoms with Crippen molar-refractivity contribution < 1.29 is 8.42 Å². The number of rotatable bonds is 5. The van der Waals surface area contributed by atoms with E-state index in [2.05, 4.69) is 6.07 Å². The van der Waals surface area contributed by atoms with Crippen molar-refractivity contribution in [1.82, 2.24) is 19.2 Å². The van der Waals surface area contributed by atoms with Crippen LogP contribution in [-0.2, 0) is 16.5 Å². The Hall–Kier alpha value is -2.29. The van der Waals surface area contributed by atoms with Crippen LogP contribution in [0.5, 0.6) is 0 Å². The first-order valence-electron chi connectivity index (χ1n) is 9.57. The number of hydrogen-bond donors (Lipinski definition) is 0. The van der Waals surface area contributed by atoms with Gasteiger partial charge in [-0.25, -0.2) is 13.1 Å². The Morgan fingerprint density at radius 3 is 2.59 bits per heavy atom. The molecule has 4 rings (SSSR count). The van der Waals surface area contributed by atoms with Crippen LogP contribution in [0, 0.1) is 11.7 Å². The SMILES string of the molecule is Cc1cccc(-n2c(-c3ccccc3)nn(CN(C)[C@@H]3CCS(=O)(=O)C3)c2=S)c1. The lowest BCUT2D eigenvalue weighted by molar-refractivity contribution is 0.196. The quantitative estimate of drug-likeness (QED) is 0.583. The average Bonchev–Trinajstić information content (AvgIpc) is 3.22. The smallest absolute Gasteiger partial charge is 0.204 e. The Morgan fingerprint density at radius 2 is 1.93 bits per heavy atom. The minimum atomic E-state index is -2.94. The Morgan fingerprint density at radius 1 is 1.17 bits per heavy atom. The molecule has 2 aromatic carbocycles. The zero-order chi connectivity index (χ0) is 20.6. The zero-order valence-electron chi connectivity index (χ0n) is 16.5. The van der Waals surface area contributed by atoms with Gasteiger partial charge in [-0.2, -0.15) is 0 Å². The maximum Gasteiger partial charge on any atom is 0.204 e. The van der Waals surface area contributed by atoms with E-state index < -0.39 is 9.84 Å². The lowest BCUT2D eigenvalue weighted by atomic mass is 10.2. The molecule has 2 heterocycles. The van der Waals surface area contributed by atoms with Crippen LogP contribution in [0.25, 0.3) is 17.1 Å². The van der Waals surface area contributed by atoms with Crippen LogP contribution in [0.3, 0.4) is 0 Å². The summed E-state index contributed by atoms with van der Waals surface area (Å²) in [6, 6.07) is 18.1. The van der Waals surface area contributed by atoms with E-state index >= 15 is 0 Å². The van der Waals surface area contributed by atoms with Crippen molar-refractivity contribution in [1.29, 1.82) is 0 Å². The molecular formula is C21H24N4O2S2. The van der Waals surface area contributed by atoms with Gasteiger partial charge in [-0.05, 0) is 50.3 Å². The molecule has 0 unspecified atom stereocenters. The van der Waals surface area contributed by atoms with Crippen molar-refractivity contribution >= 4 is 22.1 Å². The molecule has 1 aliphatic rings. The fourth-order valence-corrected chi connectivity index (χ4v) is 5.82. The number of aromatic nitrogens is 3. The molecule has 0 spiro atoms. The van der Waals surface area contributed by atoms with E-state index in [1.54, 1.807) is 4.68 Å². The molecule has 8 heteroatoms. The summed E-state index contributed by atoms with van der Waals surface area (Å²) in [5.74, 6) is 1.22. The van der Waals surface area contributed by atoms with Crippen molar-refractivity contribution in [3.63, 3.8) is 0 Å². The van der Waals surface area contributed by atoms with Gasteiger partial charge >= 0.3 is 0 Å². The van der Waals surface area contributed by atoms with Gasteiger partial charge in [0.25, 0.3) is 0 Å². The van der Waals surface area contributed by atoms with E-state index in [4.69, 9.17) is 17.3 Å². The molecule has 0 radical (unpaired) electrons. The summed E-state index contributed by atoms with van der Waals surface area (Å²) in [6.07, 6.45) is 0.649. The summed E-state index contributed by atoms with van der Waals surface area (Å²) >= 11 is 5.79. The van der Waals surface area contributed by atoms with E-state index in [1.165, 1.54) is 0 Å². The van der Waals surface area contributed by atoms with Crippen molar-refractivity contribution in [2.24, 2.45) is 0 Å². The summed E-state index contributed by atoms with van der Waals surface area (Å²) < 4.78 is 28.1. The fourth-order valence-electron chi connectivity index (χ4n) is 3.72. The summed E-state index contributed by atoms with van der Waals surface area (Å²) in [5.41, 5.74) is 3.08. The third-order valence-corrected chi connectivity index (χ3v) is 7.46. The Bertz CT molecular complexity index is 1180. The summed E-state index contributed by atoms with van der Waals surface area (Å²) in [4.78, 5) is 2.03. The van der Waals surface area contributed by atoms with Gasteiger partial charge < -0.3 is 0 Å². The van der Waals surface area contributed by atoms with Gasteiger partial charge in [0.15, 0.2) is 15.7 Å². The standard InChI is InChI=1S/C21H24N4O2S2/c1-16-7-6-10-18(13-16)25-20(17-8-4-3-5-9-17)22-24(21(25)28)15-23(2)19-11-12-29(26,27)14-19/h3-10,13,19H,11-12,14-15H2,1-2H3/t19-/m1/s1. The van der Waals surface area contributed by atoms with E-state index in [9.17, 15) is 8.42 Å². The minimum absolute atomic E-state index is 0.00815. The van der Waals surface area contributed by atoms with Crippen LogP contribution < -0.4 is 0 Å². The second-order valence-electron chi connectivity index (χ2n) is 7.60. The normalized spacial score (nSPS) is 18.4. The van der Waals surface area contributed by atoms with Gasteiger partial charge in [-0.3, -0.25) is 9.47 Å². The van der Waals surface area contributed by atoms with Gasteiger partial charge in [0.05, 0.1) is 23.9 Å². The number of aryl methyl sites for hydroxylation is 1. The fraction of sp³-hybridized carbons (Fsp3) is 0.333. The first kappa shape index (κ1) is 20.0. The number of benzene rings is 2. The van der Waals surface area contributed by atoms with Crippen LogP contribution in [0.4, 0.5) is 0 Å². The van der Waals surface area contributed by atoms with Crippen LogP contribution >= 0.6 is 12.2 Å². The molecule has 29 heavy (non-hydrogen) atoms. The van der Waals surface area contributed by atoms with Gasteiger partial charge in [-0.15, -0.1) is 5.10 Å². The lowest BCUT2D eigenvalue weighted by Gasteiger charge is -2.22. The highest BCUT2D eigenvalue weighted by atomic mass is 32.2. The largest absolute Gasteiger partial charge is 0.283 e. The van der Waals surface area contributed by atoms with Crippen molar-refractivity contribution in [2.45, 2.75) is 26.1 Å². The molecule has 0 N–H and O–H groups in total. The Labute approximate surface area is 176 Å². The highest BCUT2D eigenvalue weighted by Gasteiger charge is 2.31. The molecule has 6 nitrogen and oxygen atoms in total. The lowest BCUT2D eigenvalue weighted by Crippen LogP contribution is -2.34. The Balaban J connectivity index is 1.75. The molecule has 152 valence electrons. The second-order valence-corrected chi connectivity index (χ2v) is 10.2. The van der Waals surface area contributed by atoms with E-state index in [0.717, 1.165) is 22.6 Å². The molecule has 0 saturated carbocycles. The van der Waals surface area contributed by atoms with E-state index in [0.29, 0.717) is 17.9 Å². The summed E-state index contributed by atoms with van der Waals surface area (Å²) in [7, 11) is -1.01. The molecule has 1 aromatic heterocycles. The molecule has 0 bridgehead atoms. The summed E-state index contributed by atoms with van der Waals surface area (Å²) in [6.45, 7) is 2.49. The van der Waals surface area contributed by atoms with Crippen molar-refractivity contribution in [2.75, 3.05) is 18.6 Å². The second kappa shape index (κ2) is 7.85. The van der Waals surface area contributed by atoms with Crippen LogP contribution in [-0.4, -0.2) is 52.3 Å². The monoisotopic (exact) mass is 428 g/mol. The molecular weight excluding hydrogens is 404 g/mol. The van der Waals surface area contributed by atoms with Crippen LogP contribution in [0.1, 0.15) is 12.0 Å². The predicted octanol–water partition coefficient (Wildman–Crippen LogP) is 3.46. The highest BCUT2D eigenvalue weighted by Crippen LogP contribution is 2.24. The van der Waals surface area contributed by atoms with Gasteiger partial charge in [0.2, 0.25) is 4.77 Å². The van der Waals surface area contributed by atoms with Gasteiger partial charge in [-0.1, -0.05) is 42.5 Å². The average molecular weight is 429 g/mol. The minimum Gasteiger partial charge on any atom is -0.283 e. The molecule has 1 atom stereocenters. The third-order valence-electron chi connectivity index (χ3n) is 5.32. The highest BCUT2D eigenvalue weighted by molar-refractivity contribution is 7.91. The van der Waals surface area contributed by atoms with Crippen LogP contribution in [0.2, 0.25) is 0 Å². The van der Waals surface area contributed by atoms with Crippen molar-refractivity contribution in [3.05, 3.63) is 64.9 Å². The number of hydrogen-bond acceptors (Lipinski definition) is 5. The molecule has 3 aromatic rings. The molecule has 0 amide bonds. The first-order chi connectivity index (χ1) is 13.8. The van der Waals surface area contributed by atoms with Gasteiger partial charge in [0.1, 0.15) is 0 Å². The number of nitrogens with zero attached hydrogens (tertiary/aromatic N) is 4.